The van der Waals surface area contributed by atoms with Crippen molar-refractivity contribution in [2.45, 2.75) is 32.2 Å². The molecule has 1 aliphatic rings. The monoisotopic (exact) mass is 204 g/mol. The van der Waals surface area contributed by atoms with E-state index in [9.17, 15) is 0 Å². The molecule has 1 heterocycles. The summed E-state index contributed by atoms with van der Waals surface area (Å²) < 4.78 is 0. The molecular weight excluding hydrogens is 184 g/mol. The van der Waals surface area contributed by atoms with Gasteiger partial charge in [0.2, 0.25) is 0 Å². The zero-order chi connectivity index (χ0) is 10.7. The first-order chi connectivity index (χ1) is 7.29. The molecular formula is C13H20N2. The Balaban J connectivity index is 2.13. The zero-order valence-electron chi connectivity index (χ0n) is 9.64. The van der Waals surface area contributed by atoms with Gasteiger partial charge in [0.1, 0.15) is 0 Å². The lowest BCUT2D eigenvalue weighted by Crippen LogP contribution is -2.23. The number of nitrogens with one attached hydrogen (secondary N) is 2. The average molecular weight is 204 g/mol. The second-order valence-electron chi connectivity index (χ2n) is 4.42. The molecule has 0 fully saturated rings. The van der Waals surface area contributed by atoms with Crippen LogP contribution in [-0.4, -0.2) is 19.6 Å². The van der Waals surface area contributed by atoms with Crippen LogP contribution in [0.4, 0.5) is 5.69 Å². The summed E-state index contributed by atoms with van der Waals surface area (Å²) in [6.45, 7) is 3.34. The minimum atomic E-state index is 0.555. The predicted octanol–water partition coefficient (Wildman–Crippen LogP) is 2.20. The van der Waals surface area contributed by atoms with Crippen LogP contribution < -0.4 is 10.6 Å². The summed E-state index contributed by atoms with van der Waals surface area (Å²) >= 11 is 0. The molecule has 1 aromatic rings. The van der Waals surface area contributed by atoms with Crippen molar-refractivity contribution in [3.05, 3.63) is 29.3 Å². The van der Waals surface area contributed by atoms with Crippen LogP contribution in [0.15, 0.2) is 18.2 Å². The largest absolute Gasteiger partial charge is 0.385 e. The standard InChI is InChI=1S/C13H20N2/c1-10(14-2)8-11-5-6-13-12(9-11)4-3-7-15-13/h5-6,9-10,14-15H,3-4,7-8H2,1-2H3. The Kier molecular flexibility index (Phi) is 3.27. The topological polar surface area (TPSA) is 24.1 Å². The van der Waals surface area contributed by atoms with Crippen molar-refractivity contribution >= 4 is 5.69 Å². The first-order valence-electron chi connectivity index (χ1n) is 5.82. The van der Waals surface area contributed by atoms with Gasteiger partial charge in [-0.25, -0.2) is 0 Å². The maximum Gasteiger partial charge on any atom is 0.0372 e. The summed E-state index contributed by atoms with van der Waals surface area (Å²) in [7, 11) is 2.02. The maximum atomic E-state index is 3.44. The van der Waals surface area contributed by atoms with Crippen LogP contribution in [0.3, 0.4) is 0 Å². The molecule has 0 spiro atoms. The van der Waals surface area contributed by atoms with E-state index in [0.29, 0.717) is 6.04 Å². The zero-order valence-corrected chi connectivity index (χ0v) is 9.64. The molecule has 2 nitrogen and oxygen atoms in total. The van der Waals surface area contributed by atoms with Crippen molar-refractivity contribution in [1.29, 1.82) is 0 Å². The van der Waals surface area contributed by atoms with Gasteiger partial charge in [-0.1, -0.05) is 12.1 Å². The molecule has 82 valence electrons. The molecule has 2 heteroatoms. The second-order valence-corrected chi connectivity index (χ2v) is 4.42. The third kappa shape index (κ3) is 2.51. The fourth-order valence-electron chi connectivity index (χ4n) is 2.11. The van der Waals surface area contributed by atoms with Crippen LogP contribution in [0, 0.1) is 0 Å². The lowest BCUT2D eigenvalue weighted by Gasteiger charge is -2.19. The molecule has 15 heavy (non-hydrogen) atoms. The minimum absolute atomic E-state index is 0.555. The summed E-state index contributed by atoms with van der Waals surface area (Å²) in [5.41, 5.74) is 4.27. The smallest absolute Gasteiger partial charge is 0.0372 e. The van der Waals surface area contributed by atoms with Crippen molar-refractivity contribution in [1.82, 2.24) is 5.32 Å². The molecule has 0 bridgehead atoms. The number of likely N-dealkylation sites (N-methyl/N-ethyl adjacent to an activating group) is 1. The van der Waals surface area contributed by atoms with E-state index in [4.69, 9.17) is 0 Å². The van der Waals surface area contributed by atoms with Crippen LogP contribution in [0.2, 0.25) is 0 Å². The van der Waals surface area contributed by atoms with E-state index in [-0.39, 0.29) is 0 Å². The van der Waals surface area contributed by atoms with E-state index in [1.165, 1.54) is 29.7 Å². The van der Waals surface area contributed by atoms with E-state index in [2.05, 4.69) is 35.8 Å². The van der Waals surface area contributed by atoms with Crippen molar-refractivity contribution in [3.8, 4) is 0 Å². The molecule has 1 atom stereocenters. The molecule has 1 unspecified atom stereocenters. The number of aryl methyl sites for hydroxylation is 1. The molecule has 1 aromatic carbocycles. The van der Waals surface area contributed by atoms with Gasteiger partial charge in [0.25, 0.3) is 0 Å². The van der Waals surface area contributed by atoms with Crippen LogP contribution in [0.25, 0.3) is 0 Å². The first-order valence-corrected chi connectivity index (χ1v) is 5.82. The van der Waals surface area contributed by atoms with Gasteiger partial charge < -0.3 is 10.6 Å². The number of hydrogen-bond acceptors (Lipinski definition) is 2. The van der Waals surface area contributed by atoms with E-state index < -0.39 is 0 Å². The summed E-state index contributed by atoms with van der Waals surface area (Å²) in [6.07, 6.45) is 3.60. The highest BCUT2D eigenvalue weighted by molar-refractivity contribution is 5.54. The fraction of sp³-hybridized carbons (Fsp3) is 0.538. The summed E-state index contributed by atoms with van der Waals surface area (Å²) in [5, 5.41) is 6.72. The van der Waals surface area contributed by atoms with E-state index >= 15 is 0 Å². The van der Waals surface area contributed by atoms with Gasteiger partial charge in [0.15, 0.2) is 0 Å². The average Bonchev–Trinajstić information content (AvgIpc) is 2.29. The minimum Gasteiger partial charge on any atom is -0.385 e. The molecule has 1 aliphatic heterocycles. The summed E-state index contributed by atoms with van der Waals surface area (Å²) in [4.78, 5) is 0. The normalized spacial score (nSPS) is 16.7. The van der Waals surface area contributed by atoms with Gasteiger partial charge in [-0.05, 0) is 50.4 Å². The quantitative estimate of drug-likeness (QED) is 0.788. The lowest BCUT2D eigenvalue weighted by molar-refractivity contribution is 0.608. The first kappa shape index (κ1) is 10.5. The van der Waals surface area contributed by atoms with Gasteiger partial charge in [0.05, 0.1) is 0 Å². The predicted molar refractivity (Wildman–Crippen MR) is 65.5 cm³/mol. The number of fused-ring (bicyclic) bond motifs is 1. The fourth-order valence-corrected chi connectivity index (χ4v) is 2.11. The Labute approximate surface area is 92.1 Å². The van der Waals surface area contributed by atoms with Gasteiger partial charge >= 0.3 is 0 Å². The number of anilines is 1. The Morgan fingerprint density at radius 1 is 1.47 bits per heavy atom. The SMILES string of the molecule is CNC(C)Cc1ccc2c(c1)CCCN2. The third-order valence-electron chi connectivity index (χ3n) is 3.14. The molecule has 0 radical (unpaired) electrons. The van der Waals surface area contributed by atoms with Crippen molar-refractivity contribution in [3.63, 3.8) is 0 Å². The highest BCUT2D eigenvalue weighted by Gasteiger charge is 2.09. The molecule has 2 N–H and O–H groups in total. The highest BCUT2D eigenvalue weighted by Crippen LogP contribution is 2.23. The molecule has 2 rings (SSSR count). The van der Waals surface area contributed by atoms with Gasteiger partial charge in [-0.2, -0.15) is 0 Å². The third-order valence-corrected chi connectivity index (χ3v) is 3.14. The number of hydrogen-bond donors (Lipinski definition) is 2. The Morgan fingerprint density at radius 2 is 2.33 bits per heavy atom. The number of benzene rings is 1. The van der Waals surface area contributed by atoms with E-state index in [1.807, 2.05) is 7.05 Å². The molecule has 0 aliphatic carbocycles. The van der Waals surface area contributed by atoms with Gasteiger partial charge in [0, 0.05) is 18.3 Å². The van der Waals surface area contributed by atoms with Crippen LogP contribution in [0.1, 0.15) is 24.5 Å². The van der Waals surface area contributed by atoms with Gasteiger partial charge in [-0.3, -0.25) is 0 Å². The second kappa shape index (κ2) is 4.67. The van der Waals surface area contributed by atoms with Crippen molar-refractivity contribution < 1.29 is 0 Å². The lowest BCUT2D eigenvalue weighted by atomic mass is 9.98. The van der Waals surface area contributed by atoms with Gasteiger partial charge in [-0.15, -0.1) is 0 Å². The highest BCUT2D eigenvalue weighted by atomic mass is 14.9. The molecule has 0 aromatic heterocycles. The Morgan fingerprint density at radius 3 is 3.13 bits per heavy atom. The Bertz CT molecular complexity index is 333. The molecule has 0 saturated heterocycles. The van der Waals surface area contributed by atoms with E-state index in [0.717, 1.165) is 13.0 Å². The maximum absolute atomic E-state index is 3.44. The van der Waals surface area contributed by atoms with Crippen LogP contribution >= 0.6 is 0 Å². The summed E-state index contributed by atoms with van der Waals surface area (Å²) in [5.74, 6) is 0. The van der Waals surface area contributed by atoms with Crippen LogP contribution in [0.5, 0.6) is 0 Å². The molecule has 0 saturated carbocycles. The molecule has 0 amide bonds. The summed E-state index contributed by atoms with van der Waals surface area (Å²) in [6, 6.07) is 7.38. The van der Waals surface area contributed by atoms with Crippen molar-refractivity contribution in [2.24, 2.45) is 0 Å². The van der Waals surface area contributed by atoms with E-state index in [1.54, 1.807) is 0 Å². The van der Waals surface area contributed by atoms with Crippen LogP contribution in [-0.2, 0) is 12.8 Å². The number of rotatable bonds is 3. The Hall–Kier alpha value is -1.02. The van der Waals surface area contributed by atoms with Crippen molar-refractivity contribution in [2.75, 3.05) is 18.9 Å².